The molecule has 1 aromatic heterocycles. The number of anilines is 1. The molecule has 1 N–H and O–H groups in total. The topological polar surface area (TPSA) is 53.4 Å². The number of hydrogen-bond acceptors (Lipinski definition) is 3. The first-order chi connectivity index (χ1) is 7.83. The molecule has 1 aliphatic rings. The maximum Gasteiger partial charge on any atom is 0.314 e. The van der Waals surface area contributed by atoms with Crippen molar-refractivity contribution in [3.63, 3.8) is 0 Å². The minimum Gasteiger partial charge on any atom is -0.481 e. The summed E-state index contributed by atoms with van der Waals surface area (Å²) < 4.78 is 0. The molecule has 92 valence electrons. The maximum absolute atomic E-state index is 11.6. The van der Waals surface area contributed by atoms with Crippen molar-refractivity contribution in [3.05, 3.63) is 23.9 Å². The molecule has 1 aliphatic carbocycles. The van der Waals surface area contributed by atoms with E-state index >= 15 is 0 Å². The van der Waals surface area contributed by atoms with Crippen LogP contribution in [0.2, 0.25) is 0 Å². The van der Waals surface area contributed by atoms with Crippen LogP contribution in [0.15, 0.2) is 18.3 Å². The third-order valence-electron chi connectivity index (χ3n) is 3.77. The molecule has 0 aromatic carbocycles. The summed E-state index contributed by atoms with van der Waals surface area (Å²) in [6.45, 7) is 3.99. The molecule has 1 fully saturated rings. The van der Waals surface area contributed by atoms with Crippen molar-refractivity contribution in [1.29, 1.82) is 0 Å². The smallest absolute Gasteiger partial charge is 0.314 e. The molecule has 0 saturated heterocycles. The molecule has 1 saturated carbocycles. The van der Waals surface area contributed by atoms with Gasteiger partial charge in [-0.1, -0.05) is 19.9 Å². The summed E-state index contributed by atoms with van der Waals surface area (Å²) in [7, 11) is 3.77. The predicted molar refractivity (Wildman–Crippen MR) is 66.3 cm³/mol. The van der Waals surface area contributed by atoms with Crippen LogP contribution >= 0.6 is 0 Å². The average Bonchev–Trinajstić information content (AvgIpc) is 2.83. The fourth-order valence-electron chi connectivity index (χ4n) is 2.65. The molecule has 4 heteroatoms. The molecule has 0 spiro atoms. The lowest BCUT2D eigenvalue weighted by atomic mass is 9.88. The van der Waals surface area contributed by atoms with E-state index in [0.29, 0.717) is 6.42 Å². The lowest BCUT2D eigenvalue weighted by molar-refractivity contribution is -0.141. The van der Waals surface area contributed by atoms with Crippen molar-refractivity contribution in [2.45, 2.75) is 25.7 Å². The zero-order valence-electron chi connectivity index (χ0n) is 10.7. The first kappa shape index (κ1) is 11.9. The summed E-state index contributed by atoms with van der Waals surface area (Å²) in [5, 5.41) is 9.55. The first-order valence-electron chi connectivity index (χ1n) is 5.69. The maximum atomic E-state index is 11.6. The summed E-state index contributed by atoms with van der Waals surface area (Å²) in [6.07, 6.45) is 2.37. The zero-order valence-corrected chi connectivity index (χ0v) is 10.7. The largest absolute Gasteiger partial charge is 0.481 e. The quantitative estimate of drug-likeness (QED) is 0.867. The molecular formula is C13H18N2O2. The number of rotatable bonds is 3. The van der Waals surface area contributed by atoms with E-state index in [1.807, 2.05) is 38.9 Å². The van der Waals surface area contributed by atoms with Crippen LogP contribution in [0, 0.1) is 5.41 Å². The Labute approximate surface area is 101 Å². The Bertz CT molecular complexity index is 468. The molecule has 1 heterocycles. The Hall–Kier alpha value is -1.58. The molecule has 4 nitrogen and oxygen atoms in total. The Morgan fingerprint density at radius 3 is 2.47 bits per heavy atom. The fraction of sp³-hybridized carbons (Fsp3) is 0.538. The van der Waals surface area contributed by atoms with Gasteiger partial charge in [0.2, 0.25) is 0 Å². The molecule has 2 rings (SSSR count). The second-order valence-electron chi connectivity index (χ2n) is 5.54. The number of carboxylic acids is 1. The van der Waals surface area contributed by atoms with Crippen molar-refractivity contribution in [1.82, 2.24) is 4.98 Å². The van der Waals surface area contributed by atoms with Gasteiger partial charge >= 0.3 is 5.97 Å². The second kappa shape index (κ2) is 3.45. The van der Waals surface area contributed by atoms with Gasteiger partial charge in [0.1, 0.15) is 11.2 Å². The number of aliphatic carboxylic acids is 1. The summed E-state index contributed by atoms with van der Waals surface area (Å²) in [6, 6.07) is 3.69. The highest BCUT2D eigenvalue weighted by molar-refractivity contribution is 5.89. The minimum absolute atomic E-state index is 0.202. The molecule has 0 aliphatic heterocycles. The van der Waals surface area contributed by atoms with Gasteiger partial charge in [-0.3, -0.25) is 4.79 Å². The highest BCUT2D eigenvalue weighted by atomic mass is 16.4. The van der Waals surface area contributed by atoms with Crippen molar-refractivity contribution < 1.29 is 9.90 Å². The van der Waals surface area contributed by atoms with Crippen LogP contribution in [-0.2, 0) is 10.2 Å². The summed E-state index contributed by atoms with van der Waals surface area (Å²) >= 11 is 0. The van der Waals surface area contributed by atoms with E-state index in [0.717, 1.165) is 11.4 Å². The lowest BCUT2D eigenvalue weighted by Gasteiger charge is -2.22. The number of nitrogens with zero attached hydrogens (tertiary/aromatic N) is 2. The SMILES string of the molecule is CN(C)c1ncccc1C1(C(=O)O)CC1(C)C. The van der Waals surface area contributed by atoms with Gasteiger partial charge < -0.3 is 10.0 Å². The minimum atomic E-state index is -0.777. The first-order valence-corrected chi connectivity index (χ1v) is 5.69. The van der Waals surface area contributed by atoms with Crippen LogP contribution in [-0.4, -0.2) is 30.2 Å². The van der Waals surface area contributed by atoms with E-state index in [4.69, 9.17) is 0 Å². The number of pyridine rings is 1. The van der Waals surface area contributed by atoms with Crippen LogP contribution in [0.25, 0.3) is 0 Å². The van der Waals surface area contributed by atoms with Gasteiger partial charge in [-0.05, 0) is 17.9 Å². The predicted octanol–water partition coefficient (Wildman–Crippen LogP) is 1.90. The highest BCUT2D eigenvalue weighted by Gasteiger charge is 2.68. The lowest BCUT2D eigenvalue weighted by Crippen LogP contribution is -2.28. The molecular weight excluding hydrogens is 216 g/mol. The molecule has 1 aromatic rings. The third kappa shape index (κ3) is 1.51. The standard InChI is InChI=1S/C13H18N2O2/c1-12(2)8-13(12,11(16)17)9-6-5-7-14-10(9)15(3)4/h5-7H,8H2,1-4H3,(H,16,17). The highest BCUT2D eigenvalue weighted by Crippen LogP contribution is 2.65. The van der Waals surface area contributed by atoms with Gasteiger partial charge in [0.05, 0.1) is 0 Å². The van der Waals surface area contributed by atoms with Gasteiger partial charge in [0, 0.05) is 25.9 Å². The molecule has 1 unspecified atom stereocenters. The molecule has 0 bridgehead atoms. The molecule has 1 atom stereocenters. The van der Waals surface area contributed by atoms with Gasteiger partial charge in [0.25, 0.3) is 0 Å². The van der Waals surface area contributed by atoms with Crippen molar-refractivity contribution in [3.8, 4) is 0 Å². The number of carboxylic acid groups (broad SMARTS) is 1. The third-order valence-corrected chi connectivity index (χ3v) is 3.77. The summed E-state index contributed by atoms with van der Waals surface area (Å²) in [5.41, 5.74) is -0.157. The molecule has 17 heavy (non-hydrogen) atoms. The Morgan fingerprint density at radius 2 is 2.06 bits per heavy atom. The zero-order chi connectivity index (χ0) is 12.8. The normalized spacial score (nSPS) is 25.4. The molecule has 0 amide bonds. The fourth-order valence-corrected chi connectivity index (χ4v) is 2.65. The number of aromatic nitrogens is 1. The number of hydrogen-bond donors (Lipinski definition) is 1. The van der Waals surface area contributed by atoms with E-state index in [9.17, 15) is 9.90 Å². The number of carbonyl (C=O) groups is 1. The second-order valence-corrected chi connectivity index (χ2v) is 5.54. The van der Waals surface area contributed by atoms with Gasteiger partial charge in [-0.15, -0.1) is 0 Å². The van der Waals surface area contributed by atoms with Crippen molar-refractivity contribution in [2.24, 2.45) is 5.41 Å². The van der Waals surface area contributed by atoms with Crippen LogP contribution in [0.3, 0.4) is 0 Å². The van der Waals surface area contributed by atoms with Crippen LogP contribution in [0.1, 0.15) is 25.8 Å². The Balaban J connectivity index is 2.58. The van der Waals surface area contributed by atoms with Crippen LogP contribution < -0.4 is 4.90 Å². The van der Waals surface area contributed by atoms with E-state index < -0.39 is 11.4 Å². The summed E-state index contributed by atoms with van der Waals surface area (Å²) in [4.78, 5) is 17.8. The Morgan fingerprint density at radius 1 is 1.47 bits per heavy atom. The van der Waals surface area contributed by atoms with E-state index in [1.165, 1.54) is 0 Å². The van der Waals surface area contributed by atoms with Gasteiger partial charge in [-0.2, -0.15) is 0 Å². The molecule has 0 radical (unpaired) electrons. The van der Waals surface area contributed by atoms with E-state index in [-0.39, 0.29) is 5.41 Å². The monoisotopic (exact) mass is 234 g/mol. The van der Waals surface area contributed by atoms with Gasteiger partial charge in [-0.25, -0.2) is 4.98 Å². The van der Waals surface area contributed by atoms with E-state index in [2.05, 4.69) is 4.98 Å². The van der Waals surface area contributed by atoms with E-state index in [1.54, 1.807) is 12.3 Å². The van der Waals surface area contributed by atoms with Crippen molar-refractivity contribution >= 4 is 11.8 Å². The van der Waals surface area contributed by atoms with Crippen LogP contribution in [0.5, 0.6) is 0 Å². The average molecular weight is 234 g/mol. The van der Waals surface area contributed by atoms with Gasteiger partial charge in [0.15, 0.2) is 0 Å². The van der Waals surface area contributed by atoms with Crippen LogP contribution in [0.4, 0.5) is 5.82 Å². The Kier molecular flexibility index (Phi) is 2.42. The van der Waals surface area contributed by atoms with Crippen molar-refractivity contribution in [2.75, 3.05) is 19.0 Å². The summed E-state index contributed by atoms with van der Waals surface area (Å²) in [5.74, 6) is -0.000856.